The van der Waals surface area contributed by atoms with Crippen molar-refractivity contribution in [2.45, 2.75) is 19.8 Å². The first-order valence-corrected chi connectivity index (χ1v) is 5.45. The zero-order valence-corrected chi connectivity index (χ0v) is 9.58. The molecule has 0 bridgehead atoms. The van der Waals surface area contributed by atoms with Gasteiger partial charge < -0.3 is 0 Å². The first-order valence-electron chi connectivity index (χ1n) is 5.45. The molecule has 0 saturated carbocycles. The van der Waals surface area contributed by atoms with Crippen molar-refractivity contribution in [3.8, 4) is 0 Å². The molecule has 0 radical (unpaired) electrons. The third-order valence-electron chi connectivity index (χ3n) is 2.91. The Morgan fingerprint density at radius 2 is 2.20 bits per heavy atom. The van der Waals surface area contributed by atoms with Gasteiger partial charge in [-0.2, -0.15) is 0 Å². The number of rotatable bonds is 5. The van der Waals surface area contributed by atoms with E-state index in [2.05, 4.69) is 44.0 Å². The standard InChI is InChI=1S/C15H20/c1-5-15(13(4)12(2)3)11-14-9-7-6-8-10-14/h5-9,14-15H,1-2,4,10-11H2,3H3/t14?,15-/m0/s1. The third-order valence-corrected chi connectivity index (χ3v) is 2.91. The van der Waals surface area contributed by atoms with Crippen molar-refractivity contribution in [1.29, 1.82) is 0 Å². The molecule has 0 nitrogen and oxygen atoms in total. The lowest BCUT2D eigenvalue weighted by atomic mass is 9.84. The van der Waals surface area contributed by atoms with Gasteiger partial charge >= 0.3 is 0 Å². The Hall–Kier alpha value is -1.30. The van der Waals surface area contributed by atoms with E-state index < -0.39 is 0 Å². The highest BCUT2D eigenvalue weighted by atomic mass is 14.2. The highest BCUT2D eigenvalue weighted by molar-refractivity contribution is 5.29. The molecule has 80 valence electrons. The molecule has 15 heavy (non-hydrogen) atoms. The molecule has 2 atom stereocenters. The summed E-state index contributed by atoms with van der Waals surface area (Å²) in [6, 6.07) is 0. The molecule has 0 aliphatic heterocycles. The number of hydrogen-bond acceptors (Lipinski definition) is 0. The first-order chi connectivity index (χ1) is 7.15. The zero-order chi connectivity index (χ0) is 11.3. The topological polar surface area (TPSA) is 0 Å². The Bertz CT molecular complexity index is 315. The van der Waals surface area contributed by atoms with Gasteiger partial charge in [-0.15, -0.1) is 6.58 Å². The van der Waals surface area contributed by atoms with Gasteiger partial charge in [-0.3, -0.25) is 0 Å². The largest absolute Gasteiger partial charge is 0.102 e. The molecule has 0 heteroatoms. The summed E-state index contributed by atoms with van der Waals surface area (Å²) in [7, 11) is 0. The minimum absolute atomic E-state index is 0.364. The molecule has 0 spiro atoms. The molecule has 0 N–H and O–H groups in total. The highest BCUT2D eigenvalue weighted by Crippen LogP contribution is 2.28. The Morgan fingerprint density at radius 1 is 1.47 bits per heavy atom. The fourth-order valence-electron chi connectivity index (χ4n) is 1.83. The predicted molar refractivity (Wildman–Crippen MR) is 68.6 cm³/mol. The van der Waals surface area contributed by atoms with Crippen LogP contribution in [0.25, 0.3) is 0 Å². The minimum Gasteiger partial charge on any atom is -0.102 e. The van der Waals surface area contributed by atoms with Crippen LogP contribution in [-0.4, -0.2) is 0 Å². The molecule has 0 amide bonds. The third kappa shape index (κ3) is 3.39. The average Bonchev–Trinajstić information content (AvgIpc) is 2.26. The van der Waals surface area contributed by atoms with Crippen LogP contribution in [0.2, 0.25) is 0 Å². The van der Waals surface area contributed by atoms with E-state index in [0.29, 0.717) is 11.8 Å². The van der Waals surface area contributed by atoms with Gasteiger partial charge in [0, 0.05) is 5.92 Å². The lowest BCUT2D eigenvalue weighted by molar-refractivity contribution is 0.530. The monoisotopic (exact) mass is 200 g/mol. The van der Waals surface area contributed by atoms with E-state index in [0.717, 1.165) is 24.0 Å². The van der Waals surface area contributed by atoms with Crippen LogP contribution in [0.4, 0.5) is 0 Å². The molecular weight excluding hydrogens is 180 g/mol. The van der Waals surface area contributed by atoms with Crippen LogP contribution in [0, 0.1) is 11.8 Å². The van der Waals surface area contributed by atoms with Gasteiger partial charge in [-0.1, -0.05) is 49.1 Å². The van der Waals surface area contributed by atoms with Gasteiger partial charge in [0.15, 0.2) is 0 Å². The maximum atomic E-state index is 4.08. The van der Waals surface area contributed by atoms with Crippen LogP contribution in [0.3, 0.4) is 0 Å². The van der Waals surface area contributed by atoms with Gasteiger partial charge in [0.25, 0.3) is 0 Å². The van der Waals surface area contributed by atoms with E-state index in [1.54, 1.807) is 0 Å². The molecule has 0 aromatic carbocycles. The Labute approximate surface area is 93.4 Å². The molecule has 0 fully saturated rings. The van der Waals surface area contributed by atoms with Crippen molar-refractivity contribution < 1.29 is 0 Å². The Balaban J connectivity index is 2.57. The van der Waals surface area contributed by atoms with Crippen molar-refractivity contribution in [3.05, 3.63) is 61.3 Å². The van der Waals surface area contributed by atoms with Crippen molar-refractivity contribution in [2.24, 2.45) is 11.8 Å². The summed E-state index contributed by atoms with van der Waals surface area (Å²) >= 11 is 0. The van der Waals surface area contributed by atoms with Crippen LogP contribution in [0.5, 0.6) is 0 Å². The van der Waals surface area contributed by atoms with E-state index in [9.17, 15) is 0 Å². The molecule has 1 aliphatic rings. The quantitative estimate of drug-likeness (QED) is 0.454. The van der Waals surface area contributed by atoms with E-state index in [-0.39, 0.29) is 0 Å². The second-order valence-corrected chi connectivity index (χ2v) is 4.19. The van der Waals surface area contributed by atoms with Crippen LogP contribution in [0.1, 0.15) is 19.8 Å². The van der Waals surface area contributed by atoms with Crippen molar-refractivity contribution in [3.63, 3.8) is 0 Å². The zero-order valence-electron chi connectivity index (χ0n) is 9.58. The average molecular weight is 200 g/mol. The van der Waals surface area contributed by atoms with Gasteiger partial charge in [0.05, 0.1) is 0 Å². The van der Waals surface area contributed by atoms with Crippen molar-refractivity contribution in [2.75, 3.05) is 0 Å². The van der Waals surface area contributed by atoms with Crippen LogP contribution in [-0.2, 0) is 0 Å². The molecule has 1 aliphatic carbocycles. The van der Waals surface area contributed by atoms with Crippen LogP contribution >= 0.6 is 0 Å². The SMILES string of the molecule is C=C[C@@H](CC1C=CC=CC1)C(=C)C(=C)C. The summed E-state index contributed by atoms with van der Waals surface area (Å²) in [5.74, 6) is 0.984. The molecule has 0 aromatic rings. The summed E-state index contributed by atoms with van der Waals surface area (Å²) in [5.41, 5.74) is 2.18. The summed E-state index contributed by atoms with van der Waals surface area (Å²) < 4.78 is 0. The summed E-state index contributed by atoms with van der Waals surface area (Å²) in [4.78, 5) is 0. The lowest BCUT2D eigenvalue weighted by Gasteiger charge is -2.21. The molecular formula is C15H20. The summed E-state index contributed by atoms with van der Waals surface area (Å²) in [6.45, 7) is 13.9. The maximum Gasteiger partial charge on any atom is 0.00175 e. The van der Waals surface area contributed by atoms with E-state index in [1.807, 2.05) is 13.0 Å². The number of hydrogen-bond donors (Lipinski definition) is 0. The molecule has 0 heterocycles. The van der Waals surface area contributed by atoms with Crippen molar-refractivity contribution >= 4 is 0 Å². The van der Waals surface area contributed by atoms with Gasteiger partial charge in [-0.25, -0.2) is 0 Å². The maximum absolute atomic E-state index is 4.08. The smallest absolute Gasteiger partial charge is 0.00175 e. The van der Waals surface area contributed by atoms with Gasteiger partial charge in [-0.05, 0) is 31.3 Å². The second kappa shape index (κ2) is 5.55. The predicted octanol–water partition coefficient (Wildman–Crippen LogP) is 4.44. The summed E-state index contributed by atoms with van der Waals surface area (Å²) in [6.07, 6.45) is 12.9. The van der Waals surface area contributed by atoms with Gasteiger partial charge in [0.1, 0.15) is 0 Å². The van der Waals surface area contributed by atoms with Gasteiger partial charge in [0.2, 0.25) is 0 Å². The fourth-order valence-corrected chi connectivity index (χ4v) is 1.83. The van der Waals surface area contributed by atoms with Crippen molar-refractivity contribution in [1.82, 2.24) is 0 Å². The Kier molecular flexibility index (Phi) is 4.36. The fraction of sp³-hybridized carbons (Fsp3) is 0.333. The summed E-state index contributed by atoms with van der Waals surface area (Å²) in [5, 5.41) is 0. The minimum atomic E-state index is 0.364. The van der Waals surface area contributed by atoms with E-state index in [4.69, 9.17) is 0 Å². The molecule has 1 rings (SSSR count). The highest BCUT2D eigenvalue weighted by Gasteiger charge is 2.15. The lowest BCUT2D eigenvalue weighted by Crippen LogP contribution is -2.08. The van der Waals surface area contributed by atoms with E-state index >= 15 is 0 Å². The number of allylic oxidation sites excluding steroid dienone is 7. The van der Waals surface area contributed by atoms with E-state index in [1.165, 1.54) is 0 Å². The molecule has 0 saturated heterocycles. The normalized spacial score (nSPS) is 21.0. The molecule has 0 aromatic heterocycles. The first kappa shape index (κ1) is 11.8. The van der Waals surface area contributed by atoms with Crippen LogP contribution in [0.15, 0.2) is 61.3 Å². The Morgan fingerprint density at radius 3 is 2.67 bits per heavy atom. The molecule has 1 unspecified atom stereocenters. The second-order valence-electron chi connectivity index (χ2n) is 4.19. The van der Waals surface area contributed by atoms with Crippen LogP contribution < -0.4 is 0 Å².